The molecule has 0 saturated heterocycles. The first-order valence-electron chi connectivity index (χ1n) is 5.56. The summed E-state index contributed by atoms with van der Waals surface area (Å²) in [7, 11) is -3.82. The number of nitrogens with two attached hydrogens (primary N) is 1. The number of unbranched alkanes of at least 4 members (excludes halogenated alkanes) is 1. The largest absolute Gasteiger partial charge is 0.393 e. The number of rotatable bonds is 7. The van der Waals surface area contributed by atoms with Crippen LogP contribution in [0.15, 0.2) is 23.1 Å². The maximum Gasteiger partial charge on any atom is 0.240 e. The summed E-state index contributed by atoms with van der Waals surface area (Å²) in [5.41, 5.74) is 5.30. The van der Waals surface area contributed by atoms with Crippen LogP contribution in [0.3, 0.4) is 0 Å². The van der Waals surface area contributed by atoms with Gasteiger partial charge in [0.2, 0.25) is 10.0 Å². The van der Waals surface area contributed by atoms with Gasteiger partial charge in [0.1, 0.15) is 0 Å². The normalized spacial score (nSPS) is 11.5. The summed E-state index contributed by atoms with van der Waals surface area (Å²) in [5, 5.41) is 0. The van der Waals surface area contributed by atoms with E-state index in [4.69, 9.17) is 5.73 Å². The average molecular weight is 308 g/mol. The van der Waals surface area contributed by atoms with Crippen molar-refractivity contribution in [2.75, 3.05) is 6.54 Å². The Morgan fingerprint density at radius 3 is 2.53 bits per heavy atom. The van der Waals surface area contributed by atoms with Crippen molar-refractivity contribution in [3.8, 4) is 0 Å². The molecule has 0 fully saturated rings. The zero-order chi connectivity index (χ0) is 14.5. The summed E-state index contributed by atoms with van der Waals surface area (Å²) in [4.78, 5) is 0.0733. The average Bonchev–Trinajstić information content (AvgIpc) is 2.31. The predicted molar refractivity (Wildman–Crippen MR) is 72.2 cm³/mol. The van der Waals surface area contributed by atoms with Crippen LogP contribution < -0.4 is 10.5 Å². The van der Waals surface area contributed by atoms with Crippen molar-refractivity contribution in [2.24, 2.45) is 5.73 Å². The van der Waals surface area contributed by atoms with Crippen molar-refractivity contribution in [3.05, 3.63) is 29.8 Å². The van der Waals surface area contributed by atoms with Gasteiger partial charge in [-0.1, -0.05) is 12.2 Å². The van der Waals surface area contributed by atoms with Gasteiger partial charge in [-0.3, -0.25) is 0 Å². The first-order chi connectivity index (χ1) is 8.83. The second-order valence-electron chi connectivity index (χ2n) is 3.90. The van der Waals surface area contributed by atoms with E-state index in [-0.39, 0.29) is 11.4 Å². The van der Waals surface area contributed by atoms with E-state index in [0.29, 0.717) is 30.3 Å². The first kappa shape index (κ1) is 15.9. The fourth-order valence-electron chi connectivity index (χ4n) is 1.36. The van der Waals surface area contributed by atoms with Crippen LogP contribution >= 0.6 is 12.2 Å². The molecule has 1 aromatic carbocycles. The lowest BCUT2D eigenvalue weighted by Gasteiger charge is -2.07. The first-order valence-corrected chi connectivity index (χ1v) is 7.45. The van der Waals surface area contributed by atoms with Crippen molar-refractivity contribution >= 4 is 27.2 Å². The third-order valence-corrected chi connectivity index (χ3v) is 4.01. The maximum absolute atomic E-state index is 12.9. The number of thiocarbonyl (C=S) groups is 1. The van der Waals surface area contributed by atoms with Crippen LogP contribution in [0, 0.1) is 11.6 Å². The second-order valence-corrected chi connectivity index (χ2v) is 6.19. The van der Waals surface area contributed by atoms with Crippen LogP contribution in [0.4, 0.5) is 8.78 Å². The maximum atomic E-state index is 12.9. The molecule has 4 nitrogen and oxygen atoms in total. The summed E-state index contributed by atoms with van der Waals surface area (Å²) in [6.45, 7) is 0.184. The smallest absolute Gasteiger partial charge is 0.240 e. The van der Waals surface area contributed by atoms with Crippen LogP contribution in [0.5, 0.6) is 0 Å². The quantitative estimate of drug-likeness (QED) is 0.594. The van der Waals surface area contributed by atoms with Crippen LogP contribution in [0.25, 0.3) is 0 Å². The molecule has 3 N–H and O–H groups in total. The summed E-state index contributed by atoms with van der Waals surface area (Å²) in [6, 6.07) is 2.43. The molecular weight excluding hydrogens is 294 g/mol. The summed E-state index contributed by atoms with van der Waals surface area (Å²) < 4.78 is 51.4. The Labute approximate surface area is 116 Å². The predicted octanol–water partition coefficient (Wildman–Crippen LogP) is 1.70. The highest BCUT2D eigenvalue weighted by Gasteiger charge is 2.15. The van der Waals surface area contributed by atoms with E-state index in [0.717, 1.165) is 12.1 Å². The molecule has 0 aliphatic carbocycles. The third kappa shape index (κ3) is 5.17. The van der Waals surface area contributed by atoms with Gasteiger partial charge in [-0.2, -0.15) is 0 Å². The molecule has 1 rings (SSSR count). The monoisotopic (exact) mass is 308 g/mol. The van der Waals surface area contributed by atoms with Gasteiger partial charge in [0.15, 0.2) is 11.6 Å². The van der Waals surface area contributed by atoms with E-state index in [1.807, 2.05) is 0 Å². The van der Waals surface area contributed by atoms with Gasteiger partial charge in [0, 0.05) is 6.54 Å². The lowest BCUT2D eigenvalue weighted by Crippen LogP contribution is -2.25. The van der Waals surface area contributed by atoms with E-state index < -0.39 is 21.7 Å². The molecule has 0 radical (unpaired) electrons. The minimum Gasteiger partial charge on any atom is -0.393 e. The Morgan fingerprint density at radius 1 is 1.26 bits per heavy atom. The zero-order valence-electron chi connectivity index (χ0n) is 10.0. The SMILES string of the molecule is NC(=S)CCCCNS(=O)(=O)c1ccc(F)c(F)c1. The minimum absolute atomic E-state index is 0.184. The molecule has 0 amide bonds. The van der Waals surface area contributed by atoms with Gasteiger partial charge in [-0.25, -0.2) is 21.9 Å². The number of benzene rings is 1. The van der Waals surface area contributed by atoms with Gasteiger partial charge < -0.3 is 5.73 Å². The molecular formula is C11H14F2N2O2S2. The summed E-state index contributed by atoms with van der Waals surface area (Å²) in [6.07, 6.45) is 1.76. The van der Waals surface area contributed by atoms with Crippen LogP contribution in [-0.2, 0) is 10.0 Å². The van der Waals surface area contributed by atoms with E-state index in [1.54, 1.807) is 0 Å². The Morgan fingerprint density at radius 2 is 1.95 bits per heavy atom. The summed E-state index contributed by atoms with van der Waals surface area (Å²) in [5.74, 6) is -2.29. The topological polar surface area (TPSA) is 72.2 Å². The molecule has 0 spiro atoms. The minimum atomic E-state index is -3.82. The molecule has 0 saturated carbocycles. The third-order valence-electron chi connectivity index (χ3n) is 2.34. The lowest BCUT2D eigenvalue weighted by molar-refractivity contribution is 0.504. The fraction of sp³-hybridized carbons (Fsp3) is 0.364. The van der Waals surface area contributed by atoms with E-state index in [9.17, 15) is 17.2 Å². The van der Waals surface area contributed by atoms with Crippen molar-refractivity contribution in [1.29, 1.82) is 0 Å². The van der Waals surface area contributed by atoms with Crippen molar-refractivity contribution in [3.63, 3.8) is 0 Å². The molecule has 0 aliphatic rings. The highest BCUT2D eigenvalue weighted by Crippen LogP contribution is 2.13. The van der Waals surface area contributed by atoms with E-state index in [2.05, 4.69) is 16.9 Å². The van der Waals surface area contributed by atoms with Crippen molar-refractivity contribution in [1.82, 2.24) is 4.72 Å². The van der Waals surface area contributed by atoms with E-state index in [1.165, 1.54) is 0 Å². The lowest BCUT2D eigenvalue weighted by atomic mass is 10.2. The molecule has 0 atom stereocenters. The van der Waals surface area contributed by atoms with Crippen molar-refractivity contribution in [2.45, 2.75) is 24.2 Å². The molecule has 0 aliphatic heterocycles. The molecule has 1 aromatic rings. The molecule has 8 heteroatoms. The molecule has 0 unspecified atom stereocenters. The number of hydrogen-bond donors (Lipinski definition) is 2. The molecule has 0 heterocycles. The molecule has 0 aromatic heterocycles. The Bertz CT molecular complexity index is 562. The van der Waals surface area contributed by atoms with Crippen molar-refractivity contribution < 1.29 is 17.2 Å². The highest BCUT2D eigenvalue weighted by molar-refractivity contribution is 7.89. The fourth-order valence-corrected chi connectivity index (χ4v) is 2.59. The Hall–Kier alpha value is -1.12. The molecule has 0 bridgehead atoms. The van der Waals surface area contributed by atoms with Gasteiger partial charge in [0.05, 0.1) is 9.88 Å². The Kier molecular flexibility index (Phi) is 5.77. The van der Waals surface area contributed by atoms with Crippen LogP contribution in [0.1, 0.15) is 19.3 Å². The zero-order valence-corrected chi connectivity index (χ0v) is 11.7. The summed E-state index contributed by atoms with van der Waals surface area (Å²) >= 11 is 4.68. The Balaban J connectivity index is 2.56. The van der Waals surface area contributed by atoms with Crippen LogP contribution in [-0.4, -0.2) is 20.0 Å². The standard InChI is InChI=1S/C11H14F2N2O2S2/c12-9-5-4-8(7-10(9)13)19(16,17)15-6-2-1-3-11(14)18/h4-5,7,15H,1-3,6H2,(H2,14,18). The van der Waals surface area contributed by atoms with Crippen LogP contribution in [0.2, 0.25) is 0 Å². The molecule has 19 heavy (non-hydrogen) atoms. The number of nitrogens with one attached hydrogen (secondary N) is 1. The van der Waals surface area contributed by atoms with Gasteiger partial charge >= 0.3 is 0 Å². The number of sulfonamides is 1. The van der Waals surface area contributed by atoms with Gasteiger partial charge in [-0.05, 0) is 37.5 Å². The molecule has 106 valence electrons. The van der Waals surface area contributed by atoms with E-state index >= 15 is 0 Å². The van der Waals surface area contributed by atoms with Gasteiger partial charge in [-0.15, -0.1) is 0 Å². The number of hydrogen-bond acceptors (Lipinski definition) is 3. The number of halogens is 2. The second kappa shape index (κ2) is 6.88. The van der Waals surface area contributed by atoms with Gasteiger partial charge in [0.25, 0.3) is 0 Å². The highest BCUT2D eigenvalue weighted by atomic mass is 32.2.